The van der Waals surface area contributed by atoms with Crippen molar-refractivity contribution in [3.05, 3.63) is 90.0 Å². The SMILES string of the molecule is CS(=O)(=O)N(Cc1ccccc1)c1ccc(OCC(=O)Nc2ccccc2C(F)(F)F)cc1. The second kappa shape index (κ2) is 9.95. The fraction of sp³-hybridized carbons (Fsp3) is 0.174. The van der Waals surface area contributed by atoms with Crippen LogP contribution in [-0.2, 0) is 27.5 Å². The Labute approximate surface area is 189 Å². The molecule has 174 valence electrons. The molecule has 0 aliphatic heterocycles. The van der Waals surface area contributed by atoms with Crippen LogP contribution in [0.2, 0.25) is 0 Å². The minimum Gasteiger partial charge on any atom is -0.484 e. The van der Waals surface area contributed by atoms with Crippen LogP contribution >= 0.6 is 0 Å². The highest BCUT2D eigenvalue weighted by molar-refractivity contribution is 7.92. The number of rotatable bonds is 8. The van der Waals surface area contributed by atoms with Gasteiger partial charge in [-0.1, -0.05) is 42.5 Å². The van der Waals surface area contributed by atoms with Crippen LogP contribution in [-0.4, -0.2) is 27.2 Å². The van der Waals surface area contributed by atoms with Crippen molar-refractivity contribution in [3.8, 4) is 5.75 Å². The summed E-state index contributed by atoms with van der Waals surface area (Å²) in [5, 5.41) is 2.19. The van der Waals surface area contributed by atoms with Gasteiger partial charge in [0.05, 0.1) is 29.7 Å². The summed E-state index contributed by atoms with van der Waals surface area (Å²) >= 11 is 0. The van der Waals surface area contributed by atoms with Crippen LogP contribution in [0.3, 0.4) is 0 Å². The lowest BCUT2D eigenvalue weighted by Crippen LogP contribution is -2.29. The van der Waals surface area contributed by atoms with Crippen molar-refractivity contribution in [3.63, 3.8) is 0 Å². The van der Waals surface area contributed by atoms with Gasteiger partial charge in [0.2, 0.25) is 10.0 Å². The van der Waals surface area contributed by atoms with Crippen molar-refractivity contribution >= 4 is 27.3 Å². The first-order valence-electron chi connectivity index (χ1n) is 9.74. The molecular weight excluding hydrogens is 457 g/mol. The molecule has 0 atom stereocenters. The van der Waals surface area contributed by atoms with Crippen LogP contribution in [0.5, 0.6) is 5.75 Å². The number of nitrogens with zero attached hydrogens (tertiary/aromatic N) is 1. The number of carbonyl (C=O) groups is 1. The fourth-order valence-electron chi connectivity index (χ4n) is 3.03. The zero-order chi connectivity index (χ0) is 24.1. The minimum atomic E-state index is -4.61. The maximum Gasteiger partial charge on any atom is 0.418 e. The van der Waals surface area contributed by atoms with Gasteiger partial charge in [0, 0.05) is 0 Å². The zero-order valence-corrected chi connectivity index (χ0v) is 18.4. The van der Waals surface area contributed by atoms with Gasteiger partial charge in [-0.2, -0.15) is 13.2 Å². The summed E-state index contributed by atoms with van der Waals surface area (Å²) in [5.41, 5.74) is -0.114. The molecule has 6 nitrogen and oxygen atoms in total. The standard InChI is InChI=1S/C23H21F3N2O4S/c1-33(30,31)28(15-17-7-3-2-4-8-17)18-11-13-19(14-12-18)32-16-22(29)27-21-10-6-5-9-20(21)23(24,25)26/h2-14H,15-16H2,1H3,(H,27,29). The first kappa shape index (κ1) is 24.1. The summed E-state index contributed by atoms with van der Waals surface area (Å²) in [6.07, 6.45) is -3.50. The number of amides is 1. The highest BCUT2D eigenvalue weighted by Gasteiger charge is 2.33. The molecule has 0 heterocycles. The van der Waals surface area contributed by atoms with Gasteiger partial charge in [-0.25, -0.2) is 8.42 Å². The molecule has 1 N–H and O–H groups in total. The first-order valence-corrected chi connectivity index (χ1v) is 11.6. The van der Waals surface area contributed by atoms with Gasteiger partial charge in [0.25, 0.3) is 5.91 Å². The van der Waals surface area contributed by atoms with Crippen molar-refractivity contribution < 1.29 is 31.1 Å². The van der Waals surface area contributed by atoms with E-state index in [0.717, 1.165) is 24.0 Å². The van der Waals surface area contributed by atoms with E-state index in [1.165, 1.54) is 40.7 Å². The van der Waals surface area contributed by atoms with Crippen molar-refractivity contribution in [2.45, 2.75) is 12.7 Å². The van der Waals surface area contributed by atoms with Gasteiger partial charge < -0.3 is 10.1 Å². The zero-order valence-electron chi connectivity index (χ0n) is 17.5. The summed E-state index contributed by atoms with van der Waals surface area (Å²) in [7, 11) is -3.57. The molecule has 10 heteroatoms. The normalized spacial score (nSPS) is 11.6. The maximum absolute atomic E-state index is 13.0. The van der Waals surface area contributed by atoms with Crippen LogP contribution in [0, 0.1) is 0 Å². The van der Waals surface area contributed by atoms with Gasteiger partial charge in [-0.3, -0.25) is 9.10 Å². The molecule has 1 amide bonds. The monoisotopic (exact) mass is 478 g/mol. The van der Waals surface area contributed by atoms with Gasteiger partial charge in [-0.05, 0) is 42.0 Å². The molecular formula is C23H21F3N2O4S. The van der Waals surface area contributed by atoms with E-state index in [4.69, 9.17) is 4.74 Å². The second-order valence-corrected chi connectivity index (χ2v) is 9.04. The van der Waals surface area contributed by atoms with E-state index in [0.29, 0.717) is 5.69 Å². The van der Waals surface area contributed by atoms with Gasteiger partial charge in [0.15, 0.2) is 6.61 Å². The molecule has 3 aromatic rings. The molecule has 0 bridgehead atoms. The van der Waals surface area contributed by atoms with E-state index in [2.05, 4.69) is 5.32 Å². The molecule has 0 saturated carbocycles. The Morgan fingerprint density at radius 2 is 1.55 bits per heavy atom. The molecule has 0 unspecified atom stereocenters. The topological polar surface area (TPSA) is 75.7 Å². The number of halogens is 3. The summed E-state index contributed by atoms with van der Waals surface area (Å²) in [4.78, 5) is 12.1. The van der Waals surface area contributed by atoms with Crippen molar-refractivity contribution in [1.82, 2.24) is 0 Å². The predicted octanol–water partition coefficient (Wildman–Crippen LogP) is 4.69. The van der Waals surface area contributed by atoms with Crippen LogP contribution in [0.4, 0.5) is 24.5 Å². The molecule has 0 aliphatic rings. The Morgan fingerprint density at radius 3 is 2.15 bits per heavy atom. The van der Waals surface area contributed by atoms with Gasteiger partial charge >= 0.3 is 6.18 Å². The average molecular weight is 478 g/mol. The Kier molecular flexibility index (Phi) is 7.27. The molecule has 0 aliphatic carbocycles. The van der Waals surface area contributed by atoms with Gasteiger partial charge in [-0.15, -0.1) is 0 Å². The summed E-state index contributed by atoms with van der Waals surface area (Å²) < 4.78 is 70.2. The maximum atomic E-state index is 13.0. The molecule has 0 spiro atoms. The minimum absolute atomic E-state index is 0.140. The number of anilines is 2. The number of benzene rings is 3. The number of hydrogen-bond donors (Lipinski definition) is 1. The summed E-state index contributed by atoms with van der Waals surface area (Å²) in [6, 6.07) is 19.7. The van der Waals surface area contributed by atoms with E-state index in [-0.39, 0.29) is 18.0 Å². The molecule has 0 saturated heterocycles. The molecule has 0 fully saturated rings. The lowest BCUT2D eigenvalue weighted by atomic mass is 10.1. The molecule has 0 radical (unpaired) electrons. The molecule has 0 aromatic heterocycles. The Morgan fingerprint density at radius 1 is 0.939 bits per heavy atom. The lowest BCUT2D eigenvalue weighted by Gasteiger charge is -2.22. The van der Waals surface area contributed by atoms with E-state index in [9.17, 15) is 26.4 Å². The largest absolute Gasteiger partial charge is 0.484 e. The number of hydrogen-bond acceptors (Lipinski definition) is 4. The Bertz CT molecular complexity index is 1200. The predicted molar refractivity (Wildman–Crippen MR) is 119 cm³/mol. The highest BCUT2D eigenvalue weighted by atomic mass is 32.2. The van der Waals surface area contributed by atoms with Crippen molar-refractivity contribution in [1.29, 1.82) is 0 Å². The average Bonchev–Trinajstić information content (AvgIpc) is 2.76. The van der Waals surface area contributed by atoms with E-state index in [1.54, 1.807) is 0 Å². The number of nitrogens with one attached hydrogen (secondary N) is 1. The fourth-order valence-corrected chi connectivity index (χ4v) is 3.92. The van der Waals surface area contributed by atoms with Crippen molar-refractivity contribution in [2.75, 3.05) is 22.5 Å². The third-order valence-corrected chi connectivity index (χ3v) is 5.71. The number of sulfonamides is 1. The van der Waals surface area contributed by atoms with Crippen LogP contribution in [0.25, 0.3) is 0 Å². The van der Waals surface area contributed by atoms with Crippen molar-refractivity contribution in [2.24, 2.45) is 0 Å². The first-order chi connectivity index (χ1) is 15.5. The Hall–Kier alpha value is -3.53. The number of para-hydroxylation sites is 1. The van der Waals surface area contributed by atoms with E-state index < -0.39 is 34.3 Å². The van der Waals surface area contributed by atoms with Crippen LogP contribution in [0.15, 0.2) is 78.9 Å². The lowest BCUT2D eigenvalue weighted by molar-refractivity contribution is -0.137. The van der Waals surface area contributed by atoms with Crippen LogP contribution < -0.4 is 14.4 Å². The summed E-state index contributed by atoms with van der Waals surface area (Å²) in [5.74, 6) is -0.510. The van der Waals surface area contributed by atoms with E-state index in [1.807, 2.05) is 30.3 Å². The summed E-state index contributed by atoms with van der Waals surface area (Å²) in [6.45, 7) is -0.383. The quantitative estimate of drug-likeness (QED) is 0.510. The van der Waals surface area contributed by atoms with Gasteiger partial charge in [0.1, 0.15) is 5.75 Å². The number of alkyl halides is 3. The van der Waals surface area contributed by atoms with Crippen LogP contribution in [0.1, 0.15) is 11.1 Å². The highest BCUT2D eigenvalue weighted by Crippen LogP contribution is 2.34. The molecule has 3 rings (SSSR count). The second-order valence-electron chi connectivity index (χ2n) is 7.13. The third kappa shape index (κ3) is 6.72. The molecule has 3 aromatic carbocycles. The molecule has 33 heavy (non-hydrogen) atoms. The van der Waals surface area contributed by atoms with E-state index >= 15 is 0 Å². The smallest absolute Gasteiger partial charge is 0.418 e. The number of carbonyl (C=O) groups excluding carboxylic acids is 1. The Balaban J connectivity index is 1.65. The number of ether oxygens (including phenoxy) is 1. The third-order valence-electron chi connectivity index (χ3n) is 4.57.